The minimum Gasteiger partial charge on any atom is -0.481 e. The Kier molecular flexibility index (Phi) is 6.08. The van der Waals surface area contributed by atoms with Gasteiger partial charge in [0.25, 0.3) is 0 Å². The van der Waals surface area contributed by atoms with Gasteiger partial charge in [0.1, 0.15) is 0 Å². The molecule has 1 heterocycles. The van der Waals surface area contributed by atoms with Gasteiger partial charge in [0.05, 0.1) is 19.1 Å². The lowest BCUT2D eigenvalue weighted by Crippen LogP contribution is -2.51. The van der Waals surface area contributed by atoms with Gasteiger partial charge in [-0.1, -0.05) is 13.8 Å². The van der Waals surface area contributed by atoms with E-state index >= 15 is 0 Å². The Hall–Kier alpha value is -1.30. The van der Waals surface area contributed by atoms with Crippen molar-refractivity contribution in [2.75, 3.05) is 19.7 Å². The smallest absolute Gasteiger partial charge is 0.317 e. The molecule has 1 aliphatic heterocycles. The zero-order valence-corrected chi connectivity index (χ0v) is 11.9. The van der Waals surface area contributed by atoms with Crippen LogP contribution in [0.3, 0.4) is 0 Å². The van der Waals surface area contributed by atoms with Crippen LogP contribution in [0.25, 0.3) is 0 Å². The van der Waals surface area contributed by atoms with E-state index in [0.29, 0.717) is 25.6 Å². The first-order chi connectivity index (χ1) is 8.88. The van der Waals surface area contributed by atoms with Crippen LogP contribution in [0.5, 0.6) is 0 Å². The molecule has 2 atom stereocenters. The van der Waals surface area contributed by atoms with Gasteiger partial charge in [0, 0.05) is 19.1 Å². The molecule has 1 fully saturated rings. The van der Waals surface area contributed by atoms with Crippen molar-refractivity contribution in [2.45, 2.75) is 45.8 Å². The summed E-state index contributed by atoms with van der Waals surface area (Å²) in [7, 11) is 0. The number of hydrogen-bond acceptors (Lipinski definition) is 3. The van der Waals surface area contributed by atoms with Crippen LogP contribution in [-0.4, -0.2) is 53.8 Å². The van der Waals surface area contributed by atoms with E-state index < -0.39 is 12.1 Å². The third-order valence-electron chi connectivity index (χ3n) is 3.02. The molecule has 0 aromatic rings. The third-order valence-corrected chi connectivity index (χ3v) is 3.02. The number of urea groups is 1. The predicted octanol–water partition coefficient (Wildman–Crippen LogP) is 1.31. The number of aliphatic carboxylic acids is 1. The SMILES string of the molecule is CC(C)CC(C)NC(=O)N1CCOC(CC(=O)O)C1. The second-order valence-corrected chi connectivity index (χ2v) is 5.52. The van der Waals surface area contributed by atoms with Crippen molar-refractivity contribution in [1.29, 1.82) is 0 Å². The van der Waals surface area contributed by atoms with Gasteiger partial charge >= 0.3 is 12.0 Å². The van der Waals surface area contributed by atoms with Gasteiger partial charge in [0.2, 0.25) is 0 Å². The largest absolute Gasteiger partial charge is 0.481 e. The van der Waals surface area contributed by atoms with Gasteiger partial charge in [-0.25, -0.2) is 4.79 Å². The second kappa shape index (κ2) is 7.33. The molecule has 1 aliphatic rings. The molecule has 19 heavy (non-hydrogen) atoms. The molecule has 0 radical (unpaired) electrons. The van der Waals surface area contributed by atoms with E-state index in [2.05, 4.69) is 19.2 Å². The van der Waals surface area contributed by atoms with Gasteiger partial charge < -0.3 is 20.1 Å². The van der Waals surface area contributed by atoms with Gasteiger partial charge in [-0.2, -0.15) is 0 Å². The Balaban J connectivity index is 2.41. The summed E-state index contributed by atoms with van der Waals surface area (Å²) in [6.07, 6.45) is 0.456. The lowest BCUT2D eigenvalue weighted by atomic mass is 10.1. The third kappa shape index (κ3) is 5.92. The van der Waals surface area contributed by atoms with Gasteiger partial charge in [-0.15, -0.1) is 0 Å². The zero-order valence-electron chi connectivity index (χ0n) is 11.9. The Labute approximate surface area is 114 Å². The van der Waals surface area contributed by atoms with E-state index in [0.717, 1.165) is 6.42 Å². The molecule has 0 aromatic carbocycles. The Morgan fingerprint density at radius 3 is 2.68 bits per heavy atom. The zero-order chi connectivity index (χ0) is 14.4. The number of hydrogen-bond donors (Lipinski definition) is 2. The summed E-state index contributed by atoms with van der Waals surface area (Å²) in [5.74, 6) is -0.375. The van der Waals surface area contributed by atoms with Crippen LogP contribution in [-0.2, 0) is 9.53 Å². The van der Waals surface area contributed by atoms with Crippen LogP contribution >= 0.6 is 0 Å². The maximum absolute atomic E-state index is 12.0. The molecule has 0 bridgehead atoms. The normalized spacial score (nSPS) is 21.3. The summed E-state index contributed by atoms with van der Waals surface area (Å²) in [6.45, 7) is 7.44. The number of rotatable bonds is 5. The molecule has 2 unspecified atom stereocenters. The minimum atomic E-state index is -0.902. The number of morpholine rings is 1. The maximum atomic E-state index is 12.0. The minimum absolute atomic E-state index is 0.0642. The first-order valence-corrected chi connectivity index (χ1v) is 6.77. The van der Waals surface area contributed by atoms with E-state index in [1.807, 2.05) is 6.92 Å². The average molecular weight is 272 g/mol. The number of carbonyl (C=O) groups is 2. The molecule has 0 spiro atoms. The van der Waals surface area contributed by atoms with Crippen molar-refractivity contribution in [3.05, 3.63) is 0 Å². The number of nitrogens with one attached hydrogen (secondary N) is 1. The van der Waals surface area contributed by atoms with Crippen molar-refractivity contribution in [3.8, 4) is 0 Å². The van der Waals surface area contributed by atoms with E-state index in [1.165, 1.54) is 0 Å². The maximum Gasteiger partial charge on any atom is 0.317 e. The summed E-state index contributed by atoms with van der Waals surface area (Å²) in [5, 5.41) is 11.7. The molecule has 0 saturated carbocycles. The van der Waals surface area contributed by atoms with E-state index in [-0.39, 0.29) is 18.5 Å². The fourth-order valence-corrected chi connectivity index (χ4v) is 2.29. The lowest BCUT2D eigenvalue weighted by Gasteiger charge is -2.33. The molecule has 1 saturated heterocycles. The highest BCUT2D eigenvalue weighted by Gasteiger charge is 2.26. The topological polar surface area (TPSA) is 78.9 Å². The molecule has 0 aliphatic carbocycles. The summed E-state index contributed by atoms with van der Waals surface area (Å²) in [5.41, 5.74) is 0. The van der Waals surface area contributed by atoms with E-state index in [4.69, 9.17) is 9.84 Å². The number of carboxylic acids is 1. The van der Waals surface area contributed by atoms with Gasteiger partial charge in [0.15, 0.2) is 0 Å². The van der Waals surface area contributed by atoms with Crippen LogP contribution in [0.2, 0.25) is 0 Å². The summed E-state index contributed by atoms with van der Waals surface area (Å²) >= 11 is 0. The van der Waals surface area contributed by atoms with Crippen molar-refractivity contribution >= 4 is 12.0 Å². The fraction of sp³-hybridized carbons (Fsp3) is 0.846. The first-order valence-electron chi connectivity index (χ1n) is 6.77. The van der Waals surface area contributed by atoms with E-state index in [9.17, 15) is 9.59 Å². The molecule has 110 valence electrons. The van der Waals surface area contributed by atoms with Crippen LogP contribution in [0.4, 0.5) is 4.79 Å². The Bertz CT molecular complexity index is 320. The lowest BCUT2D eigenvalue weighted by molar-refractivity contribution is -0.141. The van der Waals surface area contributed by atoms with Crippen LogP contribution in [0.1, 0.15) is 33.6 Å². The van der Waals surface area contributed by atoms with Gasteiger partial charge in [-0.05, 0) is 19.3 Å². The quantitative estimate of drug-likeness (QED) is 0.791. The number of carbonyl (C=O) groups excluding carboxylic acids is 1. The standard InChI is InChI=1S/C13H24N2O4/c1-9(2)6-10(3)14-13(18)15-4-5-19-11(8-15)7-12(16)17/h9-11H,4-8H2,1-3H3,(H,14,18)(H,16,17). The monoisotopic (exact) mass is 272 g/mol. The Morgan fingerprint density at radius 2 is 2.11 bits per heavy atom. The predicted molar refractivity (Wildman–Crippen MR) is 71.0 cm³/mol. The van der Waals surface area contributed by atoms with Crippen LogP contribution in [0.15, 0.2) is 0 Å². The molecular weight excluding hydrogens is 248 g/mol. The highest BCUT2D eigenvalue weighted by molar-refractivity contribution is 5.75. The van der Waals surface area contributed by atoms with Crippen molar-refractivity contribution in [3.63, 3.8) is 0 Å². The second-order valence-electron chi connectivity index (χ2n) is 5.52. The molecule has 2 amide bonds. The summed E-state index contributed by atoms with van der Waals surface area (Å²) in [4.78, 5) is 24.3. The fourth-order valence-electron chi connectivity index (χ4n) is 2.29. The molecule has 1 rings (SSSR count). The molecule has 0 aromatic heterocycles. The average Bonchev–Trinajstić information content (AvgIpc) is 2.27. The summed E-state index contributed by atoms with van der Waals surface area (Å²) < 4.78 is 5.34. The van der Waals surface area contributed by atoms with Crippen molar-refractivity contribution in [2.24, 2.45) is 5.92 Å². The number of carboxylic acid groups (broad SMARTS) is 1. The molecule has 6 nitrogen and oxygen atoms in total. The van der Waals surface area contributed by atoms with Crippen LogP contribution < -0.4 is 5.32 Å². The molecule has 2 N–H and O–H groups in total. The first kappa shape index (κ1) is 15.8. The molecule has 6 heteroatoms. The Morgan fingerprint density at radius 1 is 1.42 bits per heavy atom. The number of amides is 2. The van der Waals surface area contributed by atoms with Crippen molar-refractivity contribution in [1.82, 2.24) is 10.2 Å². The van der Waals surface area contributed by atoms with Gasteiger partial charge in [-0.3, -0.25) is 4.79 Å². The van der Waals surface area contributed by atoms with E-state index in [1.54, 1.807) is 4.90 Å². The number of ether oxygens (including phenoxy) is 1. The van der Waals surface area contributed by atoms with Crippen LogP contribution in [0, 0.1) is 5.92 Å². The highest BCUT2D eigenvalue weighted by Crippen LogP contribution is 2.10. The summed E-state index contributed by atoms with van der Waals surface area (Å²) in [6, 6.07) is -0.0138. The number of nitrogens with zero attached hydrogens (tertiary/aromatic N) is 1. The highest BCUT2D eigenvalue weighted by atomic mass is 16.5. The van der Waals surface area contributed by atoms with Crippen molar-refractivity contribution < 1.29 is 19.4 Å². The molecular formula is C13H24N2O4.